The molecule has 0 atom stereocenters. The number of amides is 1. The maximum atomic E-state index is 12.7. The Labute approximate surface area is 164 Å². The normalized spacial score (nSPS) is 15.6. The lowest BCUT2D eigenvalue weighted by Crippen LogP contribution is -2.46. The van der Waals surface area contributed by atoms with Crippen LogP contribution in [-0.2, 0) is 10.0 Å². The molecular weight excluding hydrogens is 380 g/mol. The summed E-state index contributed by atoms with van der Waals surface area (Å²) < 4.78 is 28.1. The van der Waals surface area contributed by atoms with Gasteiger partial charge in [-0.05, 0) is 50.5 Å². The highest BCUT2D eigenvalue weighted by atomic mass is 32.2. The van der Waals surface area contributed by atoms with E-state index in [-0.39, 0.29) is 33.9 Å². The number of phenolic OH excluding ortho intramolecular Hbond substituents is 2. The highest BCUT2D eigenvalue weighted by molar-refractivity contribution is 7.89. The molecule has 0 aliphatic carbocycles. The lowest BCUT2D eigenvalue weighted by atomic mass is 10.0. The minimum Gasteiger partial charge on any atom is -0.508 e. The van der Waals surface area contributed by atoms with Crippen molar-refractivity contribution in [3.05, 3.63) is 53.1 Å². The Morgan fingerprint density at radius 3 is 2.21 bits per heavy atom. The van der Waals surface area contributed by atoms with Gasteiger partial charge in [0, 0.05) is 30.8 Å². The smallest absolute Gasteiger partial charge is 0.254 e. The zero-order valence-electron chi connectivity index (χ0n) is 15.8. The van der Waals surface area contributed by atoms with Crippen LogP contribution in [0.25, 0.3) is 0 Å². The molecule has 0 aromatic heterocycles. The molecule has 1 saturated heterocycles. The van der Waals surface area contributed by atoms with Gasteiger partial charge < -0.3 is 15.1 Å². The zero-order chi connectivity index (χ0) is 20.5. The molecule has 3 N–H and O–H groups in total. The van der Waals surface area contributed by atoms with Crippen molar-refractivity contribution in [2.45, 2.75) is 37.6 Å². The van der Waals surface area contributed by atoms with Crippen LogP contribution in [0.1, 0.15) is 34.3 Å². The molecule has 1 amide bonds. The summed E-state index contributed by atoms with van der Waals surface area (Å²) in [5, 5.41) is 19.1. The third-order valence-corrected chi connectivity index (χ3v) is 6.55. The van der Waals surface area contributed by atoms with Gasteiger partial charge in [0.15, 0.2) is 0 Å². The van der Waals surface area contributed by atoms with Crippen LogP contribution in [0, 0.1) is 13.8 Å². The van der Waals surface area contributed by atoms with Gasteiger partial charge in [-0.2, -0.15) is 0 Å². The van der Waals surface area contributed by atoms with E-state index in [0.29, 0.717) is 31.5 Å². The summed E-state index contributed by atoms with van der Waals surface area (Å²) in [5.74, 6) is -0.666. The van der Waals surface area contributed by atoms with Gasteiger partial charge in [-0.1, -0.05) is 17.7 Å². The standard InChI is InChI=1S/C20H24N2O5S/c1-13-3-4-19(14(2)9-13)28(26,27)21-16-5-7-22(8-6-16)20(25)15-10-17(23)12-18(24)11-15/h3-4,9-12,16,21,23-24H,5-8H2,1-2H3. The average Bonchev–Trinajstić information content (AvgIpc) is 2.60. The van der Waals surface area contributed by atoms with Crippen molar-refractivity contribution in [3.8, 4) is 11.5 Å². The van der Waals surface area contributed by atoms with Crippen molar-refractivity contribution in [2.24, 2.45) is 0 Å². The van der Waals surface area contributed by atoms with Crippen molar-refractivity contribution in [1.82, 2.24) is 9.62 Å². The zero-order valence-corrected chi connectivity index (χ0v) is 16.7. The van der Waals surface area contributed by atoms with Crippen LogP contribution in [-0.4, -0.2) is 48.6 Å². The van der Waals surface area contributed by atoms with Crippen LogP contribution >= 0.6 is 0 Å². The fourth-order valence-electron chi connectivity index (χ4n) is 3.49. The van der Waals surface area contributed by atoms with Gasteiger partial charge >= 0.3 is 0 Å². The predicted octanol–water partition coefficient (Wildman–Crippen LogP) is 2.30. The highest BCUT2D eigenvalue weighted by Crippen LogP contribution is 2.24. The van der Waals surface area contributed by atoms with Gasteiger partial charge in [0.05, 0.1) is 4.90 Å². The first-order valence-electron chi connectivity index (χ1n) is 9.07. The third kappa shape index (κ3) is 4.45. The Morgan fingerprint density at radius 2 is 1.64 bits per heavy atom. The monoisotopic (exact) mass is 404 g/mol. The summed E-state index contributed by atoms with van der Waals surface area (Å²) in [6.45, 7) is 4.45. The second-order valence-electron chi connectivity index (χ2n) is 7.19. The number of sulfonamides is 1. The van der Waals surface area contributed by atoms with E-state index in [1.807, 2.05) is 13.0 Å². The summed E-state index contributed by atoms with van der Waals surface area (Å²) in [5.41, 5.74) is 1.90. The summed E-state index contributed by atoms with van der Waals surface area (Å²) in [7, 11) is -3.63. The molecule has 1 aliphatic rings. The minimum atomic E-state index is -3.63. The molecule has 0 bridgehead atoms. The number of hydrogen-bond donors (Lipinski definition) is 3. The first-order chi connectivity index (χ1) is 13.2. The van der Waals surface area contributed by atoms with Gasteiger partial charge in [0.2, 0.25) is 10.0 Å². The van der Waals surface area contributed by atoms with Gasteiger partial charge in [0.1, 0.15) is 11.5 Å². The minimum absolute atomic E-state index is 0.181. The molecule has 0 spiro atoms. The Balaban J connectivity index is 1.64. The maximum absolute atomic E-state index is 12.7. The molecule has 7 nitrogen and oxygen atoms in total. The van der Waals surface area contributed by atoms with Gasteiger partial charge in [-0.15, -0.1) is 0 Å². The van der Waals surface area contributed by atoms with Gasteiger partial charge in [0.25, 0.3) is 5.91 Å². The second kappa shape index (κ2) is 7.81. The summed E-state index contributed by atoms with van der Waals surface area (Å²) in [4.78, 5) is 14.4. The molecule has 3 rings (SSSR count). The maximum Gasteiger partial charge on any atom is 0.254 e. The van der Waals surface area contributed by atoms with E-state index >= 15 is 0 Å². The number of rotatable bonds is 4. The van der Waals surface area contributed by atoms with Gasteiger partial charge in [-0.3, -0.25) is 4.79 Å². The van der Waals surface area contributed by atoms with Crippen LogP contribution in [0.15, 0.2) is 41.3 Å². The molecule has 150 valence electrons. The Hall–Kier alpha value is -2.58. The molecule has 8 heteroatoms. The number of benzene rings is 2. The Morgan fingerprint density at radius 1 is 1.04 bits per heavy atom. The van der Waals surface area contributed by atoms with E-state index in [2.05, 4.69) is 4.72 Å². The number of carbonyl (C=O) groups excluding carboxylic acids is 1. The van der Waals surface area contributed by atoms with Gasteiger partial charge in [-0.25, -0.2) is 13.1 Å². The van der Waals surface area contributed by atoms with Crippen LogP contribution in [0.5, 0.6) is 11.5 Å². The second-order valence-corrected chi connectivity index (χ2v) is 8.88. The fourth-order valence-corrected chi connectivity index (χ4v) is 5.02. The summed E-state index contributed by atoms with van der Waals surface area (Å²) in [6, 6.07) is 8.72. The molecule has 0 unspecified atom stereocenters. The fraction of sp³-hybridized carbons (Fsp3) is 0.350. The lowest BCUT2D eigenvalue weighted by molar-refractivity contribution is 0.0710. The number of hydrogen-bond acceptors (Lipinski definition) is 5. The number of piperidine rings is 1. The van der Waals surface area contributed by atoms with Crippen LogP contribution < -0.4 is 4.72 Å². The number of aromatic hydroxyl groups is 2. The van der Waals surface area contributed by atoms with E-state index in [0.717, 1.165) is 11.6 Å². The number of carbonyl (C=O) groups is 1. The van der Waals surface area contributed by atoms with Crippen molar-refractivity contribution in [3.63, 3.8) is 0 Å². The highest BCUT2D eigenvalue weighted by Gasteiger charge is 2.28. The van der Waals surface area contributed by atoms with E-state index in [1.54, 1.807) is 24.0 Å². The summed E-state index contributed by atoms with van der Waals surface area (Å²) >= 11 is 0. The number of nitrogens with one attached hydrogen (secondary N) is 1. The predicted molar refractivity (Wildman–Crippen MR) is 105 cm³/mol. The molecule has 0 radical (unpaired) electrons. The Kier molecular flexibility index (Phi) is 5.62. The first-order valence-corrected chi connectivity index (χ1v) is 10.6. The molecule has 0 saturated carbocycles. The van der Waals surface area contributed by atoms with Crippen LogP contribution in [0.2, 0.25) is 0 Å². The average molecular weight is 404 g/mol. The molecule has 1 aliphatic heterocycles. The SMILES string of the molecule is Cc1ccc(S(=O)(=O)NC2CCN(C(=O)c3cc(O)cc(O)c3)CC2)c(C)c1. The number of phenols is 2. The number of likely N-dealkylation sites (tertiary alicyclic amines) is 1. The molecule has 28 heavy (non-hydrogen) atoms. The van der Waals surface area contributed by atoms with Crippen LogP contribution in [0.3, 0.4) is 0 Å². The molecule has 2 aromatic rings. The van der Waals surface area contributed by atoms with E-state index in [1.165, 1.54) is 12.1 Å². The van der Waals surface area contributed by atoms with Crippen molar-refractivity contribution < 1.29 is 23.4 Å². The molecule has 1 heterocycles. The van der Waals surface area contributed by atoms with Crippen molar-refractivity contribution in [1.29, 1.82) is 0 Å². The van der Waals surface area contributed by atoms with Crippen molar-refractivity contribution in [2.75, 3.05) is 13.1 Å². The third-order valence-electron chi connectivity index (χ3n) is 4.87. The molecule has 2 aromatic carbocycles. The lowest BCUT2D eigenvalue weighted by Gasteiger charge is -2.32. The Bertz CT molecular complexity index is 975. The number of nitrogens with zero attached hydrogens (tertiary/aromatic N) is 1. The quantitative estimate of drug-likeness (QED) is 0.725. The van der Waals surface area contributed by atoms with E-state index < -0.39 is 10.0 Å². The van der Waals surface area contributed by atoms with E-state index in [9.17, 15) is 23.4 Å². The molecular formula is C20H24N2O5S. The van der Waals surface area contributed by atoms with Crippen LogP contribution in [0.4, 0.5) is 0 Å². The molecule has 1 fully saturated rings. The van der Waals surface area contributed by atoms with E-state index in [4.69, 9.17) is 0 Å². The van der Waals surface area contributed by atoms with Crippen molar-refractivity contribution >= 4 is 15.9 Å². The number of aryl methyl sites for hydroxylation is 2. The summed E-state index contributed by atoms with van der Waals surface area (Å²) in [6.07, 6.45) is 0.974. The first kappa shape index (κ1) is 20.2. The topological polar surface area (TPSA) is 107 Å². The largest absolute Gasteiger partial charge is 0.508 e.